The van der Waals surface area contributed by atoms with Gasteiger partial charge < -0.3 is 5.11 Å². The van der Waals surface area contributed by atoms with Crippen LogP contribution in [0.1, 0.15) is 40.5 Å². The first-order valence-electron chi connectivity index (χ1n) is 5.43. The molecule has 1 aliphatic rings. The van der Waals surface area contributed by atoms with Crippen molar-refractivity contribution in [1.29, 1.82) is 0 Å². The minimum atomic E-state index is -1.20. The van der Waals surface area contributed by atoms with Gasteiger partial charge in [-0.2, -0.15) is 0 Å². The maximum atomic E-state index is 12.0. The summed E-state index contributed by atoms with van der Waals surface area (Å²) in [4.78, 5) is 27.5. The molecule has 0 amide bonds. The number of aromatic nitrogens is 3. The molecule has 0 saturated heterocycles. The average molecular weight is 233 g/mol. The van der Waals surface area contributed by atoms with Gasteiger partial charge >= 0.3 is 5.97 Å². The molecule has 2 aromatic heterocycles. The van der Waals surface area contributed by atoms with Crippen LogP contribution < -0.4 is 5.56 Å². The summed E-state index contributed by atoms with van der Waals surface area (Å²) in [6.45, 7) is 1.80. The molecule has 0 spiro atoms. The zero-order valence-corrected chi connectivity index (χ0v) is 9.23. The minimum Gasteiger partial charge on any atom is -0.477 e. The highest BCUT2D eigenvalue weighted by molar-refractivity contribution is 5.89. The minimum absolute atomic E-state index is 0.133. The van der Waals surface area contributed by atoms with Gasteiger partial charge in [0.05, 0.1) is 5.69 Å². The van der Waals surface area contributed by atoms with Crippen LogP contribution >= 0.6 is 0 Å². The summed E-state index contributed by atoms with van der Waals surface area (Å²) in [6, 6.07) is 1.74. The van der Waals surface area contributed by atoms with Gasteiger partial charge in [-0.15, -0.1) is 0 Å². The summed E-state index contributed by atoms with van der Waals surface area (Å²) in [7, 11) is 0. The molecule has 2 N–H and O–H groups in total. The second-order valence-electron chi connectivity index (χ2n) is 4.39. The van der Waals surface area contributed by atoms with Gasteiger partial charge in [-0.05, 0) is 19.8 Å². The van der Waals surface area contributed by atoms with Gasteiger partial charge in [-0.1, -0.05) is 0 Å². The molecule has 0 bridgehead atoms. The maximum absolute atomic E-state index is 12.0. The molecule has 2 heterocycles. The summed E-state index contributed by atoms with van der Waals surface area (Å²) >= 11 is 0. The molecule has 0 atom stereocenters. The smallest absolute Gasteiger partial charge is 0.343 e. The number of aromatic amines is 1. The first-order valence-corrected chi connectivity index (χ1v) is 5.43. The van der Waals surface area contributed by atoms with Crippen LogP contribution in [0.15, 0.2) is 10.9 Å². The molecule has 0 radical (unpaired) electrons. The van der Waals surface area contributed by atoms with Gasteiger partial charge in [0.2, 0.25) is 0 Å². The van der Waals surface area contributed by atoms with Crippen molar-refractivity contribution in [3.63, 3.8) is 0 Å². The topological polar surface area (TPSA) is 87.5 Å². The fraction of sp³-hybridized carbons (Fsp3) is 0.364. The predicted molar refractivity (Wildman–Crippen MR) is 59.5 cm³/mol. The molecule has 6 nitrogen and oxygen atoms in total. The quantitative estimate of drug-likeness (QED) is 0.806. The molecule has 1 saturated carbocycles. The molecule has 0 aliphatic heterocycles. The average Bonchev–Trinajstić information content (AvgIpc) is 3.00. The lowest BCUT2D eigenvalue weighted by atomic mass is 10.1. The SMILES string of the molecule is Cc1cc2nc(C3CC3)c(C(=O)O)c(=O)n2[nH]1. The lowest BCUT2D eigenvalue weighted by molar-refractivity contribution is 0.0692. The first kappa shape index (κ1) is 10.1. The number of carbonyl (C=O) groups is 1. The van der Waals surface area contributed by atoms with E-state index in [0.29, 0.717) is 11.3 Å². The number of aryl methyl sites for hydroxylation is 1. The van der Waals surface area contributed by atoms with Crippen molar-refractivity contribution in [3.05, 3.63) is 33.4 Å². The molecular formula is C11H11N3O3. The Morgan fingerprint density at radius 3 is 2.88 bits per heavy atom. The Kier molecular flexibility index (Phi) is 1.89. The van der Waals surface area contributed by atoms with Crippen molar-refractivity contribution in [1.82, 2.24) is 14.6 Å². The monoisotopic (exact) mass is 233 g/mol. The highest BCUT2D eigenvalue weighted by Gasteiger charge is 2.32. The summed E-state index contributed by atoms with van der Waals surface area (Å²) in [5.74, 6) is -1.07. The number of carboxylic acid groups (broad SMARTS) is 1. The number of nitrogens with one attached hydrogen (secondary N) is 1. The molecular weight excluding hydrogens is 222 g/mol. The van der Waals surface area contributed by atoms with Crippen LogP contribution in [0.25, 0.3) is 5.65 Å². The van der Waals surface area contributed by atoms with Gasteiger partial charge in [-0.3, -0.25) is 9.89 Å². The van der Waals surface area contributed by atoms with E-state index < -0.39 is 11.5 Å². The lowest BCUT2D eigenvalue weighted by Gasteiger charge is -2.03. The Labute approximate surface area is 95.9 Å². The van der Waals surface area contributed by atoms with Crippen molar-refractivity contribution < 1.29 is 9.90 Å². The van der Waals surface area contributed by atoms with E-state index in [-0.39, 0.29) is 11.5 Å². The molecule has 0 aromatic carbocycles. The Morgan fingerprint density at radius 1 is 1.59 bits per heavy atom. The highest BCUT2D eigenvalue weighted by Crippen LogP contribution is 2.40. The molecule has 1 fully saturated rings. The zero-order chi connectivity index (χ0) is 12.2. The number of H-pyrrole nitrogens is 1. The van der Waals surface area contributed by atoms with Crippen LogP contribution in [0.2, 0.25) is 0 Å². The fourth-order valence-corrected chi connectivity index (χ4v) is 2.02. The van der Waals surface area contributed by atoms with Crippen LogP contribution in [0.3, 0.4) is 0 Å². The lowest BCUT2D eigenvalue weighted by Crippen LogP contribution is -2.26. The van der Waals surface area contributed by atoms with Gasteiger partial charge in [0.25, 0.3) is 5.56 Å². The Hall–Kier alpha value is -2.11. The molecule has 0 unspecified atom stereocenters. The Balaban J connectivity index is 2.41. The molecule has 17 heavy (non-hydrogen) atoms. The Morgan fingerprint density at radius 2 is 2.29 bits per heavy atom. The number of fused-ring (bicyclic) bond motifs is 1. The largest absolute Gasteiger partial charge is 0.477 e. The summed E-state index contributed by atoms with van der Waals surface area (Å²) < 4.78 is 1.19. The van der Waals surface area contributed by atoms with Gasteiger partial charge in [0.1, 0.15) is 5.56 Å². The number of aromatic carboxylic acids is 1. The van der Waals surface area contributed by atoms with Crippen LogP contribution in [-0.2, 0) is 0 Å². The first-order chi connectivity index (χ1) is 8.08. The van der Waals surface area contributed by atoms with E-state index in [1.165, 1.54) is 4.52 Å². The standard InChI is InChI=1S/C11H11N3O3/c1-5-4-7-12-9(6-2-3-6)8(11(16)17)10(15)14(7)13-5/h4,6,13H,2-3H2,1H3,(H,16,17). The maximum Gasteiger partial charge on any atom is 0.343 e. The van der Waals surface area contributed by atoms with E-state index >= 15 is 0 Å². The number of hydrogen-bond donors (Lipinski definition) is 2. The van der Waals surface area contributed by atoms with Crippen molar-refractivity contribution >= 4 is 11.6 Å². The molecule has 1 aliphatic carbocycles. The van der Waals surface area contributed by atoms with Crippen LogP contribution in [-0.4, -0.2) is 25.7 Å². The van der Waals surface area contributed by atoms with Crippen LogP contribution in [0.5, 0.6) is 0 Å². The van der Waals surface area contributed by atoms with Crippen molar-refractivity contribution in [2.75, 3.05) is 0 Å². The molecule has 2 aromatic rings. The fourth-order valence-electron chi connectivity index (χ4n) is 2.02. The van der Waals surface area contributed by atoms with Crippen molar-refractivity contribution in [2.24, 2.45) is 0 Å². The third-order valence-electron chi connectivity index (χ3n) is 2.95. The third kappa shape index (κ3) is 1.44. The van der Waals surface area contributed by atoms with Crippen LogP contribution in [0.4, 0.5) is 0 Å². The summed E-state index contributed by atoms with van der Waals surface area (Å²) in [5.41, 5.74) is 0.962. The van der Waals surface area contributed by atoms with Crippen molar-refractivity contribution in [3.8, 4) is 0 Å². The third-order valence-corrected chi connectivity index (χ3v) is 2.95. The van der Waals surface area contributed by atoms with Crippen LogP contribution in [0, 0.1) is 6.92 Å². The zero-order valence-electron chi connectivity index (χ0n) is 9.23. The van der Waals surface area contributed by atoms with Gasteiger partial charge in [0, 0.05) is 17.7 Å². The summed E-state index contributed by atoms with van der Waals surface area (Å²) in [5, 5.41) is 11.9. The number of carboxylic acids is 1. The van der Waals surface area contributed by atoms with E-state index in [4.69, 9.17) is 5.11 Å². The van der Waals surface area contributed by atoms with E-state index in [1.54, 1.807) is 13.0 Å². The van der Waals surface area contributed by atoms with Gasteiger partial charge in [-0.25, -0.2) is 14.3 Å². The molecule has 88 valence electrons. The van der Waals surface area contributed by atoms with Crippen molar-refractivity contribution in [2.45, 2.75) is 25.7 Å². The summed E-state index contributed by atoms with van der Waals surface area (Å²) in [6.07, 6.45) is 1.82. The van der Waals surface area contributed by atoms with Gasteiger partial charge in [0.15, 0.2) is 5.65 Å². The van der Waals surface area contributed by atoms with E-state index in [9.17, 15) is 9.59 Å². The van der Waals surface area contributed by atoms with E-state index in [1.807, 2.05) is 0 Å². The highest BCUT2D eigenvalue weighted by atomic mass is 16.4. The van der Waals surface area contributed by atoms with E-state index in [2.05, 4.69) is 10.1 Å². The molecule has 3 rings (SSSR count). The number of hydrogen-bond acceptors (Lipinski definition) is 3. The normalized spacial score (nSPS) is 15.4. The number of rotatable bonds is 2. The predicted octanol–water partition coefficient (Wildman–Crippen LogP) is 0.907. The Bertz CT molecular complexity index is 679. The molecule has 6 heteroatoms. The second kappa shape index (κ2) is 3.19. The number of nitrogens with zero attached hydrogens (tertiary/aromatic N) is 2. The second-order valence-corrected chi connectivity index (χ2v) is 4.39. The van der Waals surface area contributed by atoms with E-state index in [0.717, 1.165) is 18.5 Å².